The zero-order valence-corrected chi connectivity index (χ0v) is 11.8. The summed E-state index contributed by atoms with van der Waals surface area (Å²) in [5, 5.41) is 0.823. The third-order valence-electron chi connectivity index (χ3n) is 3.17. The predicted octanol–water partition coefficient (Wildman–Crippen LogP) is 3.32. The molecule has 1 atom stereocenters. The van der Waals surface area contributed by atoms with Crippen molar-refractivity contribution in [3.63, 3.8) is 0 Å². The summed E-state index contributed by atoms with van der Waals surface area (Å²) in [4.78, 5) is 2.26. The molecule has 2 nitrogen and oxygen atoms in total. The van der Waals surface area contributed by atoms with Gasteiger partial charge in [-0.2, -0.15) is 0 Å². The van der Waals surface area contributed by atoms with Crippen molar-refractivity contribution in [2.24, 2.45) is 11.7 Å². The Morgan fingerprint density at radius 3 is 2.65 bits per heavy atom. The number of hydrogen-bond donors (Lipinski definition) is 1. The molecule has 1 unspecified atom stereocenters. The Morgan fingerprint density at radius 2 is 2.12 bits per heavy atom. The summed E-state index contributed by atoms with van der Waals surface area (Å²) in [6.45, 7) is 6.18. The van der Waals surface area contributed by atoms with Crippen LogP contribution >= 0.6 is 11.6 Å². The lowest BCUT2D eigenvalue weighted by molar-refractivity contribution is 0.560. The van der Waals surface area contributed by atoms with Crippen LogP contribution in [0.1, 0.15) is 25.8 Å². The zero-order chi connectivity index (χ0) is 12.8. The van der Waals surface area contributed by atoms with Gasteiger partial charge < -0.3 is 10.6 Å². The van der Waals surface area contributed by atoms with Crippen LogP contribution < -0.4 is 10.6 Å². The summed E-state index contributed by atoms with van der Waals surface area (Å²) >= 11 is 6.24. The molecule has 0 heterocycles. The molecule has 0 amide bonds. The van der Waals surface area contributed by atoms with E-state index in [2.05, 4.69) is 37.9 Å². The Hall–Kier alpha value is -0.730. The SMILES string of the molecule is CCC(C)CN(C)c1ccc(CCN)c(Cl)c1. The average Bonchev–Trinajstić information content (AvgIpc) is 2.31. The van der Waals surface area contributed by atoms with E-state index in [9.17, 15) is 0 Å². The normalized spacial score (nSPS) is 12.5. The van der Waals surface area contributed by atoms with E-state index in [4.69, 9.17) is 17.3 Å². The minimum atomic E-state index is 0.641. The molecular weight excluding hydrogens is 232 g/mol. The summed E-state index contributed by atoms with van der Waals surface area (Å²) in [5.41, 5.74) is 7.85. The fraction of sp³-hybridized carbons (Fsp3) is 0.571. The molecule has 1 aromatic rings. The van der Waals surface area contributed by atoms with E-state index in [-0.39, 0.29) is 0 Å². The van der Waals surface area contributed by atoms with Crippen LogP contribution in [0, 0.1) is 5.92 Å². The van der Waals surface area contributed by atoms with Gasteiger partial charge in [-0.25, -0.2) is 0 Å². The van der Waals surface area contributed by atoms with Crippen molar-refractivity contribution in [3.05, 3.63) is 28.8 Å². The van der Waals surface area contributed by atoms with E-state index in [1.54, 1.807) is 0 Å². The van der Waals surface area contributed by atoms with E-state index >= 15 is 0 Å². The van der Waals surface area contributed by atoms with Crippen molar-refractivity contribution in [2.75, 3.05) is 25.0 Å². The van der Waals surface area contributed by atoms with Crippen LogP contribution in [0.4, 0.5) is 5.69 Å². The second-order valence-corrected chi connectivity index (χ2v) is 5.12. The van der Waals surface area contributed by atoms with Crippen LogP contribution in [-0.4, -0.2) is 20.1 Å². The van der Waals surface area contributed by atoms with Crippen LogP contribution in [0.25, 0.3) is 0 Å². The first-order valence-corrected chi connectivity index (χ1v) is 6.65. The van der Waals surface area contributed by atoms with Crippen LogP contribution in [0.2, 0.25) is 5.02 Å². The summed E-state index contributed by atoms with van der Waals surface area (Å²) in [7, 11) is 2.11. The lowest BCUT2D eigenvalue weighted by Gasteiger charge is -2.23. The van der Waals surface area contributed by atoms with Gasteiger partial charge in [0.2, 0.25) is 0 Å². The van der Waals surface area contributed by atoms with Gasteiger partial charge in [0.25, 0.3) is 0 Å². The molecule has 1 rings (SSSR count). The molecule has 0 aliphatic heterocycles. The molecule has 0 spiro atoms. The number of benzene rings is 1. The molecule has 0 saturated carbocycles. The maximum Gasteiger partial charge on any atom is 0.0459 e. The van der Waals surface area contributed by atoms with Crippen molar-refractivity contribution in [3.8, 4) is 0 Å². The fourth-order valence-electron chi connectivity index (χ4n) is 1.83. The van der Waals surface area contributed by atoms with Gasteiger partial charge in [0.15, 0.2) is 0 Å². The molecule has 0 fully saturated rings. The highest BCUT2D eigenvalue weighted by molar-refractivity contribution is 6.31. The number of anilines is 1. The highest BCUT2D eigenvalue weighted by Crippen LogP contribution is 2.24. The Balaban J connectivity index is 2.75. The third-order valence-corrected chi connectivity index (χ3v) is 3.53. The standard InChI is InChI=1S/C14H23ClN2/c1-4-11(2)10-17(3)13-6-5-12(7-8-16)14(15)9-13/h5-6,9,11H,4,7-8,10,16H2,1-3H3. The predicted molar refractivity (Wildman–Crippen MR) is 76.9 cm³/mol. The van der Waals surface area contributed by atoms with Gasteiger partial charge in [-0.1, -0.05) is 37.9 Å². The number of hydrogen-bond acceptors (Lipinski definition) is 2. The first kappa shape index (κ1) is 14.3. The van der Waals surface area contributed by atoms with E-state index in [0.717, 1.165) is 23.6 Å². The van der Waals surface area contributed by atoms with E-state index < -0.39 is 0 Å². The average molecular weight is 255 g/mol. The second-order valence-electron chi connectivity index (χ2n) is 4.71. The Bertz CT molecular complexity index is 352. The quantitative estimate of drug-likeness (QED) is 0.844. The molecule has 0 aromatic heterocycles. The lowest BCUT2D eigenvalue weighted by Crippen LogP contribution is -2.23. The minimum Gasteiger partial charge on any atom is -0.374 e. The van der Waals surface area contributed by atoms with Crippen LogP contribution in [-0.2, 0) is 6.42 Å². The molecular formula is C14H23ClN2. The summed E-state index contributed by atoms with van der Waals surface area (Å²) < 4.78 is 0. The highest BCUT2D eigenvalue weighted by Gasteiger charge is 2.07. The molecule has 2 N–H and O–H groups in total. The Kier molecular flexibility index (Phi) is 5.79. The zero-order valence-electron chi connectivity index (χ0n) is 11.0. The minimum absolute atomic E-state index is 0.641. The number of halogens is 1. The van der Waals surface area contributed by atoms with E-state index in [0.29, 0.717) is 12.5 Å². The fourth-order valence-corrected chi connectivity index (χ4v) is 2.10. The first-order valence-electron chi connectivity index (χ1n) is 6.28. The van der Waals surface area contributed by atoms with Crippen LogP contribution in [0.5, 0.6) is 0 Å². The highest BCUT2D eigenvalue weighted by atomic mass is 35.5. The van der Waals surface area contributed by atoms with Gasteiger partial charge in [0.05, 0.1) is 0 Å². The molecule has 17 heavy (non-hydrogen) atoms. The van der Waals surface area contributed by atoms with Gasteiger partial charge in [0.1, 0.15) is 0 Å². The van der Waals surface area contributed by atoms with E-state index in [1.165, 1.54) is 12.1 Å². The van der Waals surface area contributed by atoms with Crippen molar-refractivity contribution in [1.29, 1.82) is 0 Å². The summed E-state index contributed by atoms with van der Waals surface area (Å²) in [5.74, 6) is 0.697. The lowest BCUT2D eigenvalue weighted by atomic mass is 10.1. The topological polar surface area (TPSA) is 29.3 Å². The molecule has 0 aliphatic rings. The second kappa shape index (κ2) is 6.87. The molecule has 0 saturated heterocycles. The van der Waals surface area contributed by atoms with Crippen molar-refractivity contribution in [1.82, 2.24) is 0 Å². The molecule has 0 bridgehead atoms. The third kappa shape index (κ3) is 4.21. The number of nitrogens with zero attached hydrogens (tertiary/aromatic N) is 1. The maximum absolute atomic E-state index is 6.24. The van der Waals surface area contributed by atoms with Crippen LogP contribution in [0.3, 0.4) is 0 Å². The van der Waals surface area contributed by atoms with Gasteiger partial charge in [-0.15, -0.1) is 0 Å². The molecule has 3 heteroatoms. The van der Waals surface area contributed by atoms with Gasteiger partial charge in [-0.05, 0) is 36.6 Å². The molecule has 96 valence electrons. The van der Waals surface area contributed by atoms with Crippen molar-refractivity contribution in [2.45, 2.75) is 26.7 Å². The smallest absolute Gasteiger partial charge is 0.0459 e. The molecule has 0 radical (unpaired) electrons. The molecule has 0 aliphatic carbocycles. The number of rotatable bonds is 6. The largest absolute Gasteiger partial charge is 0.374 e. The summed E-state index contributed by atoms with van der Waals surface area (Å²) in [6.07, 6.45) is 2.04. The van der Waals surface area contributed by atoms with Crippen molar-refractivity contribution >= 4 is 17.3 Å². The Morgan fingerprint density at radius 1 is 1.41 bits per heavy atom. The molecule has 1 aromatic carbocycles. The summed E-state index contributed by atoms with van der Waals surface area (Å²) in [6, 6.07) is 6.24. The monoisotopic (exact) mass is 254 g/mol. The van der Waals surface area contributed by atoms with Gasteiger partial charge >= 0.3 is 0 Å². The van der Waals surface area contributed by atoms with E-state index in [1.807, 2.05) is 6.07 Å². The number of nitrogens with two attached hydrogens (primary N) is 1. The Labute approximate surface area is 110 Å². The van der Waals surface area contributed by atoms with Gasteiger partial charge in [0, 0.05) is 24.3 Å². The van der Waals surface area contributed by atoms with Crippen molar-refractivity contribution < 1.29 is 0 Å². The van der Waals surface area contributed by atoms with Crippen LogP contribution in [0.15, 0.2) is 18.2 Å². The van der Waals surface area contributed by atoms with Gasteiger partial charge in [-0.3, -0.25) is 0 Å². The maximum atomic E-state index is 6.24. The first-order chi connectivity index (χ1) is 8.08.